The molecule has 0 spiro atoms. The van der Waals surface area contributed by atoms with Gasteiger partial charge in [0, 0.05) is 23.0 Å². The third kappa shape index (κ3) is 2.34. The number of carbonyl (C=O) groups is 1. The van der Waals surface area contributed by atoms with Crippen molar-refractivity contribution in [1.29, 1.82) is 5.26 Å². The molecule has 22 heavy (non-hydrogen) atoms. The van der Waals surface area contributed by atoms with Crippen molar-refractivity contribution in [1.82, 2.24) is 0 Å². The summed E-state index contributed by atoms with van der Waals surface area (Å²) in [5, 5.41) is 8.96. The lowest BCUT2D eigenvalue weighted by molar-refractivity contribution is -0.113. The molecule has 5 heteroatoms. The lowest BCUT2D eigenvalue weighted by atomic mass is 10.1. The molecule has 3 rings (SSSR count). The van der Waals surface area contributed by atoms with Crippen LogP contribution in [0.4, 0.5) is 5.69 Å². The average molecular weight is 288 g/mol. The number of fused-ring (bicyclic) bond motifs is 1. The topological polar surface area (TPSA) is 82.5 Å². The van der Waals surface area contributed by atoms with Crippen molar-refractivity contribution in [2.45, 2.75) is 0 Å². The Kier molecular flexibility index (Phi) is 3.42. The summed E-state index contributed by atoms with van der Waals surface area (Å²) < 4.78 is 0. The molecule has 2 aromatic rings. The molecule has 0 saturated heterocycles. The molecular formula is C17H12N4O. The zero-order valence-electron chi connectivity index (χ0n) is 11.6. The molecule has 0 atom stereocenters. The Labute approximate surface area is 127 Å². The first-order chi connectivity index (χ1) is 10.7. The molecule has 1 aliphatic heterocycles. The van der Waals surface area contributed by atoms with Gasteiger partial charge in [-0.15, -0.1) is 0 Å². The van der Waals surface area contributed by atoms with Crippen LogP contribution in [0.5, 0.6) is 0 Å². The normalized spacial score (nSPS) is 14.1. The van der Waals surface area contributed by atoms with Crippen LogP contribution < -0.4 is 10.6 Å². The van der Waals surface area contributed by atoms with Gasteiger partial charge in [-0.2, -0.15) is 5.26 Å². The number of amides is 1. The van der Waals surface area contributed by atoms with Crippen molar-refractivity contribution in [3.8, 4) is 6.07 Å². The van der Waals surface area contributed by atoms with Crippen LogP contribution in [0.25, 0.3) is 5.70 Å². The third-order valence-corrected chi connectivity index (χ3v) is 3.32. The maximum atomic E-state index is 11.9. The van der Waals surface area contributed by atoms with Gasteiger partial charge in [-0.1, -0.05) is 42.5 Å². The van der Waals surface area contributed by atoms with E-state index in [1.165, 1.54) is 4.90 Å². The maximum Gasteiger partial charge on any atom is 0.333 e. The van der Waals surface area contributed by atoms with E-state index in [9.17, 15) is 4.79 Å². The molecule has 0 saturated carbocycles. The summed E-state index contributed by atoms with van der Waals surface area (Å²) in [5.41, 5.74) is 8.72. The molecule has 1 amide bonds. The van der Waals surface area contributed by atoms with Gasteiger partial charge >= 0.3 is 5.91 Å². The third-order valence-electron chi connectivity index (χ3n) is 3.32. The second-order valence-corrected chi connectivity index (χ2v) is 4.68. The lowest BCUT2D eigenvalue weighted by Crippen LogP contribution is -2.23. The molecule has 0 fully saturated rings. The van der Waals surface area contributed by atoms with Gasteiger partial charge in [-0.25, -0.2) is 4.99 Å². The van der Waals surface area contributed by atoms with E-state index in [1.807, 2.05) is 30.3 Å². The number of nitrogens with two attached hydrogens (primary N) is 1. The Balaban J connectivity index is 2.09. The van der Waals surface area contributed by atoms with Crippen LogP contribution in [0, 0.1) is 11.3 Å². The van der Waals surface area contributed by atoms with Crippen LogP contribution in [-0.4, -0.2) is 11.7 Å². The number of anilines is 1. The molecule has 2 N–H and O–H groups in total. The highest BCUT2D eigenvalue weighted by Crippen LogP contribution is 2.28. The van der Waals surface area contributed by atoms with Crippen molar-refractivity contribution < 1.29 is 4.79 Å². The minimum atomic E-state index is -0.683. The quantitative estimate of drug-likeness (QED) is 0.860. The number of carbonyl (C=O) groups excluding carboxylic acids is 1. The van der Waals surface area contributed by atoms with Gasteiger partial charge in [0.1, 0.15) is 5.84 Å². The summed E-state index contributed by atoms with van der Waals surface area (Å²) in [5.74, 6) is -0.281. The molecular weight excluding hydrogens is 276 g/mol. The first-order valence-electron chi connectivity index (χ1n) is 6.65. The van der Waals surface area contributed by atoms with Crippen molar-refractivity contribution >= 4 is 23.1 Å². The maximum absolute atomic E-state index is 11.9. The van der Waals surface area contributed by atoms with Crippen LogP contribution in [0.1, 0.15) is 11.1 Å². The number of hydrogen-bond donors (Lipinski definition) is 1. The van der Waals surface area contributed by atoms with E-state index in [1.54, 1.807) is 36.5 Å². The monoisotopic (exact) mass is 288 g/mol. The van der Waals surface area contributed by atoms with E-state index in [2.05, 4.69) is 4.99 Å². The van der Waals surface area contributed by atoms with E-state index in [0.29, 0.717) is 17.2 Å². The number of amidine groups is 1. The molecule has 106 valence electrons. The zero-order valence-corrected chi connectivity index (χ0v) is 11.6. The van der Waals surface area contributed by atoms with Gasteiger partial charge in [0.2, 0.25) is 0 Å². The average Bonchev–Trinajstić information content (AvgIpc) is 2.89. The molecule has 0 unspecified atom stereocenters. The molecule has 1 aliphatic rings. The standard InChI is InChI=1S/C17H12N4O/c18-10-16(22)21(12-6-2-1-3-7-12)11-15-13-8-4-5-9-14(13)17(19)20-15/h1-9,11H,(H2,19,20). The summed E-state index contributed by atoms with van der Waals surface area (Å²) in [6, 6.07) is 18.1. The Morgan fingerprint density at radius 3 is 2.41 bits per heavy atom. The summed E-state index contributed by atoms with van der Waals surface area (Å²) in [7, 11) is 0. The molecule has 0 aromatic heterocycles. The first kappa shape index (κ1) is 13.6. The summed E-state index contributed by atoms with van der Waals surface area (Å²) >= 11 is 0. The van der Waals surface area contributed by atoms with Crippen LogP contribution in [0.2, 0.25) is 0 Å². The minimum absolute atomic E-state index is 0.402. The van der Waals surface area contributed by atoms with E-state index < -0.39 is 5.91 Å². The second kappa shape index (κ2) is 5.54. The summed E-state index contributed by atoms with van der Waals surface area (Å²) in [4.78, 5) is 17.5. The number of rotatable bonds is 2. The Bertz CT molecular complexity index is 831. The second-order valence-electron chi connectivity index (χ2n) is 4.68. The van der Waals surface area contributed by atoms with Crippen LogP contribution >= 0.6 is 0 Å². The Morgan fingerprint density at radius 1 is 1.09 bits per heavy atom. The molecule has 0 aliphatic carbocycles. The number of aliphatic imine (C=N–C) groups is 1. The van der Waals surface area contributed by atoms with E-state index in [0.717, 1.165) is 11.1 Å². The highest BCUT2D eigenvalue weighted by Gasteiger charge is 2.20. The fraction of sp³-hybridized carbons (Fsp3) is 0. The van der Waals surface area contributed by atoms with Gasteiger partial charge in [-0.3, -0.25) is 9.69 Å². The highest BCUT2D eigenvalue weighted by molar-refractivity contribution is 6.11. The minimum Gasteiger partial charge on any atom is -0.383 e. The number of hydrogen-bond acceptors (Lipinski definition) is 4. The molecule has 2 aromatic carbocycles. The van der Waals surface area contributed by atoms with Gasteiger partial charge in [0.15, 0.2) is 6.07 Å². The summed E-state index contributed by atoms with van der Waals surface area (Å²) in [6.07, 6.45) is 1.54. The van der Waals surface area contributed by atoms with Crippen molar-refractivity contribution in [2.24, 2.45) is 10.7 Å². The van der Waals surface area contributed by atoms with Crippen molar-refractivity contribution in [3.63, 3.8) is 0 Å². The van der Waals surface area contributed by atoms with Crippen molar-refractivity contribution in [2.75, 3.05) is 4.90 Å². The number of benzene rings is 2. The zero-order chi connectivity index (χ0) is 15.5. The predicted molar refractivity (Wildman–Crippen MR) is 84.7 cm³/mol. The largest absolute Gasteiger partial charge is 0.383 e. The molecule has 0 bridgehead atoms. The molecule has 1 heterocycles. The molecule has 5 nitrogen and oxygen atoms in total. The van der Waals surface area contributed by atoms with Gasteiger partial charge in [-0.05, 0) is 12.1 Å². The van der Waals surface area contributed by atoms with E-state index in [-0.39, 0.29) is 0 Å². The fourth-order valence-electron chi connectivity index (χ4n) is 2.29. The lowest BCUT2D eigenvalue weighted by Gasteiger charge is -2.15. The van der Waals surface area contributed by atoms with Crippen LogP contribution in [0.3, 0.4) is 0 Å². The SMILES string of the molecule is N#CC(=O)N(C=C1N=C(N)c2ccccc21)c1ccccc1. The van der Waals surface area contributed by atoms with Crippen LogP contribution in [-0.2, 0) is 4.79 Å². The van der Waals surface area contributed by atoms with Gasteiger partial charge in [0.05, 0.1) is 5.70 Å². The smallest absolute Gasteiger partial charge is 0.333 e. The van der Waals surface area contributed by atoms with Crippen molar-refractivity contribution in [3.05, 3.63) is 71.9 Å². The summed E-state index contributed by atoms with van der Waals surface area (Å²) in [6.45, 7) is 0. The predicted octanol–water partition coefficient (Wildman–Crippen LogP) is 2.26. The Hall–Kier alpha value is -3.39. The number of para-hydroxylation sites is 1. The van der Waals surface area contributed by atoms with E-state index >= 15 is 0 Å². The van der Waals surface area contributed by atoms with Gasteiger partial charge < -0.3 is 5.73 Å². The Morgan fingerprint density at radius 2 is 1.73 bits per heavy atom. The van der Waals surface area contributed by atoms with E-state index in [4.69, 9.17) is 11.0 Å². The molecule has 0 radical (unpaired) electrons. The van der Waals surface area contributed by atoms with Crippen LogP contribution in [0.15, 0.2) is 65.8 Å². The highest BCUT2D eigenvalue weighted by atomic mass is 16.2. The number of nitriles is 1. The first-order valence-corrected chi connectivity index (χ1v) is 6.65. The van der Waals surface area contributed by atoms with Gasteiger partial charge in [0.25, 0.3) is 0 Å². The fourth-order valence-corrected chi connectivity index (χ4v) is 2.29. The number of nitrogens with zero attached hydrogens (tertiary/aromatic N) is 3.